The zero-order chi connectivity index (χ0) is 39.3. The number of likely N-dealkylation sites (tertiary alicyclic amines) is 1. The lowest BCUT2D eigenvalue weighted by Crippen LogP contribution is -2.59. The number of nitrogens with zero attached hydrogens (tertiary/aromatic N) is 3. The van der Waals surface area contributed by atoms with E-state index in [1.165, 1.54) is 14.2 Å². The van der Waals surface area contributed by atoms with Crippen LogP contribution in [-0.2, 0) is 39.9 Å². The number of hydrogen-bond donors (Lipinski definition) is 3. The van der Waals surface area contributed by atoms with Gasteiger partial charge in [0.25, 0.3) is 0 Å². The highest BCUT2D eigenvalue weighted by Gasteiger charge is 2.41. The molecule has 1 fully saturated rings. The molecule has 0 aliphatic carbocycles. The molecule has 13 nitrogen and oxygen atoms in total. The summed E-state index contributed by atoms with van der Waals surface area (Å²) in [6.07, 6.45) is 0.778. The first-order valence-electron chi connectivity index (χ1n) is 18.6. The van der Waals surface area contributed by atoms with Crippen molar-refractivity contribution in [1.29, 1.82) is 0 Å². The van der Waals surface area contributed by atoms with Gasteiger partial charge in [-0.25, -0.2) is 4.79 Å². The average molecular weight is 730 g/mol. The lowest BCUT2D eigenvalue weighted by molar-refractivity contribution is -0.147. The molecule has 8 atom stereocenters. The van der Waals surface area contributed by atoms with E-state index in [-0.39, 0.29) is 54.7 Å². The summed E-state index contributed by atoms with van der Waals surface area (Å²) in [6, 6.07) is 5.93. The van der Waals surface area contributed by atoms with Crippen molar-refractivity contribution < 1.29 is 38.6 Å². The molecule has 1 heterocycles. The largest absolute Gasteiger partial charge is 0.480 e. The number of hydrogen-bond acceptors (Lipinski definition) is 8. The highest BCUT2D eigenvalue weighted by atomic mass is 16.5. The normalized spacial score (nSPS) is 18.7. The lowest BCUT2D eigenvalue weighted by Gasteiger charge is -2.41. The van der Waals surface area contributed by atoms with Crippen molar-refractivity contribution in [3.05, 3.63) is 35.9 Å². The fourth-order valence-electron chi connectivity index (χ4n) is 7.47. The second-order valence-corrected chi connectivity index (χ2v) is 15.1. The van der Waals surface area contributed by atoms with Gasteiger partial charge in [-0.3, -0.25) is 19.2 Å². The molecule has 0 spiro atoms. The van der Waals surface area contributed by atoms with Crippen molar-refractivity contribution in [2.45, 2.75) is 122 Å². The fourth-order valence-corrected chi connectivity index (χ4v) is 7.47. The molecule has 0 aromatic heterocycles. The van der Waals surface area contributed by atoms with Crippen molar-refractivity contribution >= 4 is 37.6 Å². The van der Waals surface area contributed by atoms with E-state index < -0.39 is 54.3 Å². The first-order valence-corrected chi connectivity index (χ1v) is 18.6. The van der Waals surface area contributed by atoms with Crippen LogP contribution in [0.3, 0.4) is 0 Å². The summed E-state index contributed by atoms with van der Waals surface area (Å²) in [6.45, 7) is 12.3. The third-order valence-electron chi connectivity index (χ3n) is 10.4. The summed E-state index contributed by atoms with van der Waals surface area (Å²) in [5.41, 5.74) is 0.787. The van der Waals surface area contributed by atoms with Crippen LogP contribution in [0.2, 0.25) is 0 Å². The molecule has 1 aliphatic rings. The quantitative estimate of drug-likeness (QED) is 0.161. The van der Waals surface area contributed by atoms with Gasteiger partial charge in [-0.1, -0.05) is 78.3 Å². The maximum atomic E-state index is 14.2. The Kier molecular flexibility index (Phi) is 18.3. The van der Waals surface area contributed by atoms with Crippen LogP contribution in [0.15, 0.2) is 30.3 Å². The van der Waals surface area contributed by atoms with Crippen molar-refractivity contribution in [1.82, 2.24) is 25.2 Å². The van der Waals surface area contributed by atoms with Gasteiger partial charge in [-0.05, 0) is 43.2 Å². The molecule has 1 unspecified atom stereocenters. The van der Waals surface area contributed by atoms with E-state index in [1.807, 2.05) is 91.7 Å². The standard InChI is InChI=1S/C38H64BN5O8/c1-11-25(6)35(42(7)37(48)33(23(2)3)41-36(47)34(24(4)5)43(8)39)30(52-10)22-32(46)44-19-15-18-28(44)29(51-9)21-31(45)40-27(38(49)50)20-26-16-13-12-14-17-26/h12-14,16-17,23-25,27-30,33-35H,11,15,18-22,39H2,1-10H3,(H,40,45)(H,41,47)(H,49,50)/t25-,27-,28?,29+,30+,33-,34-,35-/m0/s1. The molecule has 0 radical (unpaired) electrons. The summed E-state index contributed by atoms with van der Waals surface area (Å²) in [5, 5.41) is 15.4. The molecule has 4 amide bonds. The van der Waals surface area contributed by atoms with Crippen LogP contribution in [0, 0.1) is 17.8 Å². The van der Waals surface area contributed by atoms with E-state index in [0.29, 0.717) is 19.4 Å². The predicted molar refractivity (Wildman–Crippen MR) is 203 cm³/mol. The minimum atomic E-state index is -1.14. The molecular weight excluding hydrogens is 665 g/mol. The minimum absolute atomic E-state index is 0.00478. The van der Waals surface area contributed by atoms with Crippen LogP contribution >= 0.6 is 0 Å². The Morgan fingerprint density at radius 2 is 1.60 bits per heavy atom. The summed E-state index contributed by atoms with van der Waals surface area (Å²) >= 11 is 0. The zero-order valence-electron chi connectivity index (χ0n) is 33.3. The van der Waals surface area contributed by atoms with Gasteiger partial charge < -0.3 is 39.8 Å². The van der Waals surface area contributed by atoms with E-state index in [1.54, 1.807) is 16.8 Å². The molecule has 1 saturated heterocycles. The second-order valence-electron chi connectivity index (χ2n) is 15.1. The SMILES string of the molecule is BN(C)[C@H](C(=O)N[C@H](C(=O)N(C)[C@@H]([C@@H](C)CC)[C@@H](CC(=O)N1CCCC1[C@@H](CC(=O)N[C@@H](Cc1ccccc1)C(=O)O)OC)OC)C(C)C)C(C)C. The Morgan fingerprint density at radius 3 is 2.10 bits per heavy atom. The van der Waals surface area contributed by atoms with Crippen molar-refractivity contribution in [2.24, 2.45) is 17.8 Å². The van der Waals surface area contributed by atoms with Crippen molar-refractivity contribution in [3.8, 4) is 0 Å². The number of carboxylic acid groups (broad SMARTS) is 1. The van der Waals surface area contributed by atoms with Gasteiger partial charge in [0.2, 0.25) is 23.6 Å². The van der Waals surface area contributed by atoms with Crippen LogP contribution < -0.4 is 10.6 Å². The molecule has 0 saturated carbocycles. The van der Waals surface area contributed by atoms with Gasteiger partial charge in [-0.15, -0.1) is 0 Å². The van der Waals surface area contributed by atoms with Gasteiger partial charge in [0.05, 0.1) is 43.2 Å². The van der Waals surface area contributed by atoms with Gasteiger partial charge >= 0.3 is 5.97 Å². The van der Waals surface area contributed by atoms with Gasteiger partial charge in [0.15, 0.2) is 7.98 Å². The number of carbonyl (C=O) groups is 5. The molecule has 14 heteroatoms. The number of rotatable bonds is 21. The van der Waals surface area contributed by atoms with E-state index >= 15 is 0 Å². The summed E-state index contributed by atoms with van der Waals surface area (Å²) in [7, 11) is 8.43. The van der Waals surface area contributed by atoms with Gasteiger partial charge in [0.1, 0.15) is 12.1 Å². The zero-order valence-corrected chi connectivity index (χ0v) is 33.3. The molecule has 1 aromatic carbocycles. The number of carbonyl (C=O) groups excluding carboxylic acids is 4. The first kappa shape index (κ1) is 44.7. The predicted octanol–water partition coefficient (Wildman–Crippen LogP) is 2.12. The van der Waals surface area contributed by atoms with E-state index in [9.17, 15) is 29.1 Å². The molecule has 1 aliphatic heterocycles. The molecular formula is C38H64BN5O8. The highest BCUT2D eigenvalue weighted by Crippen LogP contribution is 2.28. The molecule has 0 bridgehead atoms. The summed E-state index contributed by atoms with van der Waals surface area (Å²) in [5.74, 6) is -2.44. The molecule has 3 N–H and O–H groups in total. The summed E-state index contributed by atoms with van der Waals surface area (Å²) in [4.78, 5) is 71.9. The van der Waals surface area contributed by atoms with E-state index in [0.717, 1.165) is 12.0 Å². The topological polar surface area (TPSA) is 158 Å². The average Bonchev–Trinajstić information content (AvgIpc) is 3.58. The Hall–Kier alpha value is -3.49. The Balaban J connectivity index is 2.23. The molecule has 52 heavy (non-hydrogen) atoms. The Bertz CT molecular complexity index is 1310. The van der Waals surface area contributed by atoms with E-state index in [4.69, 9.17) is 9.47 Å². The van der Waals surface area contributed by atoms with Crippen LogP contribution in [0.1, 0.15) is 79.2 Å². The van der Waals surface area contributed by atoms with Crippen LogP contribution in [-0.4, -0.2) is 135 Å². The number of nitrogens with one attached hydrogen (secondary N) is 2. The molecule has 1 aromatic rings. The number of methoxy groups -OCH3 is 2. The molecule has 2 rings (SSSR count). The molecule has 292 valence electrons. The van der Waals surface area contributed by atoms with E-state index in [2.05, 4.69) is 10.6 Å². The van der Waals surface area contributed by atoms with Crippen molar-refractivity contribution in [2.75, 3.05) is 34.9 Å². The van der Waals surface area contributed by atoms with Crippen LogP contribution in [0.4, 0.5) is 0 Å². The number of aliphatic carboxylic acids is 1. The first-order chi connectivity index (χ1) is 24.5. The fraction of sp³-hybridized carbons (Fsp3) is 0.711. The Morgan fingerprint density at radius 1 is 0.962 bits per heavy atom. The Labute approximate surface area is 311 Å². The monoisotopic (exact) mass is 729 g/mol. The third kappa shape index (κ3) is 12.3. The number of benzene rings is 1. The third-order valence-corrected chi connectivity index (χ3v) is 10.4. The maximum Gasteiger partial charge on any atom is 0.326 e. The van der Waals surface area contributed by atoms with Gasteiger partial charge in [0, 0.05) is 34.2 Å². The van der Waals surface area contributed by atoms with Crippen LogP contribution in [0.5, 0.6) is 0 Å². The van der Waals surface area contributed by atoms with Crippen LogP contribution in [0.25, 0.3) is 0 Å². The second kappa shape index (κ2) is 21.3. The summed E-state index contributed by atoms with van der Waals surface area (Å²) < 4.78 is 11.7. The minimum Gasteiger partial charge on any atom is -0.480 e. The number of carboxylic acids is 1. The smallest absolute Gasteiger partial charge is 0.326 e. The maximum absolute atomic E-state index is 14.2. The van der Waals surface area contributed by atoms with Gasteiger partial charge in [-0.2, -0.15) is 0 Å². The number of likely N-dealkylation sites (N-methyl/N-ethyl adjacent to an activating group) is 2. The number of ether oxygens (including phenoxy) is 2. The lowest BCUT2D eigenvalue weighted by atomic mass is 9.89. The number of amides is 4. The van der Waals surface area contributed by atoms with Crippen molar-refractivity contribution in [3.63, 3.8) is 0 Å². The highest BCUT2D eigenvalue weighted by molar-refractivity contribution is 6.06.